The van der Waals surface area contributed by atoms with Crippen molar-refractivity contribution in [2.75, 3.05) is 13.1 Å². The van der Waals surface area contributed by atoms with Gasteiger partial charge in [0.1, 0.15) is 0 Å². The molecule has 1 saturated heterocycles. The lowest BCUT2D eigenvalue weighted by atomic mass is 9.79. The average Bonchev–Trinajstić information content (AvgIpc) is 3.00. The van der Waals surface area contributed by atoms with Gasteiger partial charge >= 0.3 is 0 Å². The second-order valence-electron chi connectivity index (χ2n) is 6.85. The molecule has 1 aromatic carbocycles. The maximum absolute atomic E-state index is 6.22. The highest BCUT2D eigenvalue weighted by molar-refractivity contribution is 5.53. The fraction of sp³-hybridized carbons (Fsp3) is 0.529. The summed E-state index contributed by atoms with van der Waals surface area (Å²) >= 11 is 0. The SMILES string of the molecule is CC(c1nc(-c2ccccc2)no1)N1CCC(N)C(C)(C)C1. The molecule has 1 aliphatic rings. The van der Waals surface area contributed by atoms with Crippen molar-refractivity contribution in [1.29, 1.82) is 0 Å². The van der Waals surface area contributed by atoms with E-state index in [2.05, 4.69) is 35.8 Å². The van der Waals surface area contributed by atoms with Gasteiger partial charge in [-0.2, -0.15) is 4.98 Å². The predicted octanol–water partition coefficient (Wildman–Crippen LogP) is 2.86. The number of nitrogens with two attached hydrogens (primary N) is 1. The van der Waals surface area contributed by atoms with Crippen LogP contribution in [-0.4, -0.2) is 34.2 Å². The van der Waals surface area contributed by atoms with Crippen LogP contribution in [0.2, 0.25) is 0 Å². The Balaban J connectivity index is 1.76. The molecule has 2 N–H and O–H groups in total. The summed E-state index contributed by atoms with van der Waals surface area (Å²) in [6.07, 6.45) is 0.997. The second kappa shape index (κ2) is 5.82. The van der Waals surface area contributed by atoms with Crippen LogP contribution in [0.4, 0.5) is 0 Å². The van der Waals surface area contributed by atoms with Crippen molar-refractivity contribution in [1.82, 2.24) is 15.0 Å². The van der Waals surface area contributed by atoms with Crippen LogP contribution in [0.5, 0.6) is 0 Å². The number of likely N-dealkylation sites (tertiary alicyclic amines) is 1. The zero-order valence-corrected chi connectivity index (χ0v) is 13.5. The lowest BCUT2D eigenvalue weighted by Crippen LogP contribution is -2.52. The van der Waals surface area contributed by atoms with E-state index < -0.39 is 0 Å². The van der Waals surface area contributed by atoms with Crippen molar-refractivity contribution in [2.45, 2.75) is 39.3 Å². The molecule has 22 heavy (non-hydrogen) atoms. The standard InChI is InChI=1S/C17H24N4O/c1-12(21-10-9-14(18)17(2,3)11-21)16-19-15(20-22-16)13-7-5-4-6-8-13/h4-8,12,14H,9-11,18H2,1-3H3. The van der Waals surface area contributed by atoms with E-state index in [9.17, 15) is 0 Å². The van der Waals surface area contributed by atoms with Gasteiger partial charge in [-0.15, -0.1) is 0 Å². The largest absolute Gasteiger partial charge is 0.337 e. The average molecular weight is 300 g/mol. The lowest BCUT2D eigenvalue weighted by Gasteiger charge is -2.44. The summed E-state index contributed by atoms with van der Waals surface area (Å²) in [6, 6.07) is 10.3. The van der Waals surface area contributed by atoms with Gasteiger partial charge in [0.15, 0.2) is 0 Å². The third kappa shape index (κ3) is 2.91. The number of hydrogen-bond donors (Lipinski definition) is 1. The normalized spacial score (nSPS) is 23.4. The zero-order valence-electron chi connectivity index (χ0n) is 13.5. The molecule has 2 unspecified atom stereocenters. The molecule has 5 heteroatoms. The van der Waals surface area contributed by atoms with E-state index in [1.165, 1.54) is 0 Å². The Hall–Kier alpha value is -1.72. The van der Waals surface area contributed by atoms with Gasteiger partial charge in [0.05, 0.1) is 6.04 Å². The first-order chi connectivity index (χ1) is 10.5. The van der Waals surface area contributed by atoms with Gasteiger partial charge in [0.25, 0.3) is 0 Å². The van der Waals surface area contributed by atoms with E-state index in [4.69, 9.17) is 10.3 Å². The molecular weight excluding hydrogens is 276 g/mol. The minimum absolute atomic E-state index is 0.106. The second-order valence-corrected chi connectivity index (χ2v) is 6.85. The zero-order chi connectivity index (χ0) is 15.7. The molecule has 2 heterocycles. The summed E-state index contributed by atoms with van der Waals surface area (Å²) < 4.78 is 5.50. The third-order valence-electron chi connectivity index (χ3n) is 4.72. The number of aromatic nitrogens is 2. The van der Waals surface area contributed by atoms with E-state index in [0.29, 0.717) is 11.7 Å². The van der Waals surface area contributed by atoms with E-state index >= 15 is 0 Å². The van der Waals surface area contributed by atoms with Crippen molar-refractivity contribution in [2.24, 2.45) is 11.1 Å². The van der Waals surface area contributed by atoms with Gasteiger partial charge in [-0.3, -0.25) is 4.90 Å². The number of piperidine rings is 1. The molecule has 1 aliphatic heterocycles. The first-order valence-electron chi connectivity index (χ1n) is 7.86. The Kier molecular flexibility index (Phi) is 4.02. The van der Waals surface area contributed by atoms with Gasteiger partial charge in [-0.25, -0.2) is 0 Å². The maximum atomic E-state index is 6.22. The Labute approximate surface area is 131 Å². The molecule has 0 bridgehead atoms. The Morgan fingerprint density at radius 2 is 2.05 bits per heavy atom. The topological polar surface area (TPSA) is 68.2 Å². The summed E-state index contributed by atoms with van der Waals surface area (Å²) in [5.74, 6) is 1.32. The van der Waals surface area contributed by atoms with Crippen LogP contribution < -0.4 is 5.73 Å². The van der Waals surface area contributed by atoms with Crippen LogP contribution in [0.15, 0.2) is 34.9 Å². The number of hydrogen-bond acceptors (Lipinski definition) is 5. The molecule has 0 radical (unpaired) electrons. The lowest BCUT2D eigenvalue weighted by molar-refractivity contribution is 0.0549. The molecule has 0 aliphatic carbocycles. The minimum atomic E-state index is 0.106. The molecular formula is C17H24N4O. The fourth-order valence-electron chi connectivity index (χ4n) is 3.01. The maximum Gasteiger partial charge on any atom is 0.244 e. The van der Waals surface area contributed by atoms with Crippen molar-refractivity contribution < 1.29 is 4.52 Å². The Morgan fingerprint density at radius 3 is 2.73 bits per heavy atom. The molecule has 0 saturated carbocycles. The van der Waals surface area contributed by atoms with Crippen molar-refractivity contribution in [3.63, 3.8) is 0 Å². The molecule has 3 rings (SSSR count). The highest BCUT2D eigenvalue weighted by Gasteiger charge is 2.36. The van der Waals surface area contributed by atoms with Gasteiger partial charge in [0.2, 0.25) is 11.7 Å². The van der Waals surface area contributed by atoms with E-state index in [1.54, 1.807) is 0 Å². The summed E-state index contributed by atoms with van der Waals surface area (Å²) in [6.45, 7) is 8.47. The van der Waals surface area contributed by atoms with Crippen molar-refractivity contribution in [3.8, 4) is 11.4 Å². The predicted molar refractivity (Wildman–Crippen MR) is 86.1 cm³/mol. The van der Waals surface area contributed by atoms with Crippen LogP contribution in [0, 0.1) is 5.41 Å². The summed E-state index contributed by atoms with van der Waals surface area (Å²) in [5.41, 5.74) is 7.30. The van der Waals surface area contributed by atoms with Gasteiger partial charge in [0, 0.05) is 24.7 Å². The highest BCUT2D eigenvalue weighted by Crippen LogP contribution is 2.32. The molecule has 118 valence electrons. The minimum Gasteiger partial charge on any atom is -0.337 e. The van der Waals surface area contributed by atoms with Crippen molar-refractivity contribution in [3.05, 3.63) is 36.2 Å². The van der Waals surface area contributed by atoms with Crippen LogP contribution in [0.3, 0.4) is 0 Å². The van der Waals surface area contributed by atoms with E-state index in [1.807, 2.05) is 30.3 Å². The first kappa shape index (κ1) is 15.2. The molecule has 1 fully saturated rings. The number of benzene rings is 1. The Morgan fingerprint density at radius 1 is 1.32 bits per heavy atom. The van der Waals surface area contributed by atoms with Gasteiger partial charge in [-0.05, 0) is 18.8 Å². The third-order valence-corrected chi connectivity index (χ3v) is 4.72. The van der Waals surface area contributed by atoms with Crippen LogP contribution >= 0.6 is 0 Å². The highest BCUT2D eigenvalue weighted by atomic mass is 16.5. The van der Waals surface area contributed by atoms with Crippen LogP contribution in [-0.2, 0) is 0 Å². The Bertz CT molecular complexity index is 623. The van der Waals surface area contributed by atoms with Gasteiger partial charge < -0.3 is 10.3 Å². The quantitative estimate of drug-likeness (QED) is 0.944. The van der Waals surface area contributed by atoms with Gasteiger partial charge in [-0.1, -0.05) is 49.3 Å². The number of rotatable bonds is 3. The molecule has 2 aromatic rings. The summed E-state index contributed by atoms with van der Waals surface area (Å²) in [7, 11) is 0. The first-order valence-corrected chi connectivity index (χ1v) is 7.86. The molecule has 0 spiro atoms. The van der Waals surface area contributed by atoms with E-state index in [0.717, 1.165) is 25.1 Å². The molecule has 1 aromatic heterocycles. The number of nitrogens with zero attached hydrogens (tertiary/aromatic N) is 3. The monoisotopic (exact) mass is 300 g/mol. The smallest absolute Gasteiger partial charge is 0.244 e. The van der Waals surface area contributed by atoms with Crippen LogP contribution in [0.25, 0.3) is 11.4 Å². The fourth-order valence-corrected chi connectivity index (χ4v) is 3.01. The molecule has 5 nitrogen and oxygen atoms in total. The summed E-state index contributed by atoms with van der Waals surface area (Å²) in [5, 5.41) is 4.12. The summed E-state index contributed by atoms with van der Waals surface area (Å²) in [4.78, 5) is 6.95. The van der Waals surface area contributed by atoms with Crippen LogP contribution in [0.1, 0.15) is 39.1 Å². The molecule has 2 atom stereocenters. The van der Waals surface area contributed by atoms with Crippen molar-refractivity contribution >= 4 is 0 Å². The van der Waals surface area contributed by atoms with E-state index in [-0.39, 0.29) is 17.5 Å². The molecule has 0 amide bonds.